The Morgan fingerprint density at radius 3 is 2.55 bits per heavy atom. The maximum Gasteiger partial charge on any atom is 0.244 e. The van der Waals surface area contributed by atoms with E-state index in [-0.39, 0.29) is 12.5 Å². The van der Waals surface area contributed by atoms with Crippen LogP contribution in [0.25, 0.3) is 17.0 Å². The molecule has 0 saturated carbocycles. The third kappa shape index (κ3) is 4.78. The SMILES string of the molecule is COc1cc2ncnc(Nc3ccc(/C=C/C(=O)NCC#N)cc3)c2cc1OC. The van der Waals surface area contributed by atoms with E-state index in [1.54, 1.807) is 26.4 Å². The van der Waals surface area contributed by atoms with E-state index in [2.05, 4.69) is 20.6 Å². The van der Waals surface area contributed by atoms with Crippen molar-refractivity contribution in [3.8, 4) is 17.6 Å². The Bertz CT molecular complexity index is 1090. The van der Waals surface area contributed by atoms with Crippen molar-refractivity contribution in [2.75, 3.05) is 26.1 Å². The fraction of sp³-hybridized carbons (Fsp3) is 0.143. The van der Waals surface area contributed by atoms with Crippen LogP contribution < -0.4 is 20.1 Å². The van der Waals surface area contributed by atoms with E-state index in [9.17, 15) is 4.79 Å². The Hall–Kier alpha value is -4.12. The Kier molecular flexibility index (Phi) is 6.22. The van der Waals surface area contributed by atoms with Crippen molar-refractivity contribution in [2.24, 2.45) is 0 Å². The number of hydrogen-bond donors (Lipinski definition) is 2. The molecule has 0 atom stereocenters. The van der Waals surface area contributed by atoms with E-state index in [0.717, 1.165) is 22.2 Å². The van der Waals surface area contributed by atoms with Crippen LogP contribution in [0.4, 0.5) is 11.5 Å². The molecule has 0 bridgehead atoms. The molecule has 0 spiro atoms. The molecule has 1 heterocycles. The average molecular weight is 389 g/mol. The van der Waals surface area contributed by atoms with Crippen molar-refractivity contribution in [1.29, 1.82) is 5.26 Å². The van der Waals surface area contributed by atoms with Crippen molar-refractivity contribution in [3.63, 3.8) is 0 Å². The minimum Gasteiger partial charge on any atom is -0.493 e. The number of nitrogens with one attached hydrogen (secondary N) is 2. The minimum absolute atomic E-state index is 0.0183. The second-order valence-corrected chi connectivity index (χ2v) is 5.90. The van der Waals surface area contributed by atoms with Gasteiger partial charge in [-0.05, 0) is 29.8 Å². The number of carbonyl (C=O) groups excluding carboxylic acids is 1. The lowest BCUT2D eigenvalue weighted by atomic mass is 10.1. The molecular weight excluding hydrogens is 370 g/mol. The highest BCUT2D eigenvalue weighted by molar-refractivity contribution is 5.93. The summed E-state index contributed by atoms with van der Waals surface area (Å²) >= 11 is 0. The Balaban J connectivity index is 1.80. The molecule has 29 heavy (non-hydrogen) atoms. The van der Waals surface area contributed by atoms with Crippen LogP contribution in [0, 0.1) is 11.3 Å². The van der Waals surface area contributed by atoms with Gasteiger partial charge in [0, 0.05) is 23.2 Å². The summed E-state index contributed by atoms with van der Waals surface area (Å²) in [5.41, 5.74) is 2.40. The molecule has 1 aromatic heterocycles. The number of methoxy groups -OCH3 is 2. The number of benzene rings is 2. The van der Waals surface area contributed by atoms with Crippen molar-refractivity contribution < 1.29 is 14.3 Å². The lowest BCUT2D eigenvalue weighted by Crippen LogP contribution is -2.20. The van der Waals surface area contributed by atoms with E-state index in [1.165, 1.54) is 12.4 Å². The highest BCUT2D eigenvalue weighted by Gasteiger charge is 2.11. The summed E-state index contributed by atoms with van der Waals surface area (Å²) in [6, 6.07) is 13.0. The molecule has 8 heteroatoms. The van der Waals surface area contributed by atoms with Crippen LogP contribution in [0.5, 0.6) is 11.5 Å². The van der Waals surface area contributed by atoms with Gasteiger partial charge >= 0.3 is 0 Å². The van der Waals surface area contributed by atoms with Gasteiger partial charge in [-0.3, -0.25) is 4.79 Å². The van der Waals surface area contributed by atoms with E-state index < -0.39 is 0 Å². The molecule has 146 valence electrons. The summed E-state index contributed by atoms with van der Waals surface area (Å²) in [5, 5.41) is 15.0. The normalized spacial score (nSPS) is 10.5. The first-order valence-corrected chi connectivity index (χ1v) is 8.71. The molecule has 1 amide bonds. The maximum absolute atomic E-state index is 11.5. The monoisotopic (exact) mass is 389 g/mol. The molecule has 0 saturated heterocycles. The molecule has 0 aliphatic rings. The molecule has 2 aromatic carbocycles. The maximum atomic E-state index is 11.5. The van der Waals surface area contributed by atoms with Crippen LogP contribution in [-0.2, 0) is 4.79 Å². The first-order valence-electron chi connectivity index (χ1n) is 8.71. The predicted octanol–water partition coefficient (Wildman–Crippen LogP) is 3.04. The lowest BCUT2D eigenvalue weighted by Gasteiger charge is -2.12. The zero-order valence-corrected chi connectivity index (χ0v) is 16.0. The summed E-state index contributed by atoms with van der Waals surface area (Å²) in [7, 11) is 3.15. The first kappa shape index (κ1) is 19.6. The van der Waals surface area contributed by atoms with Crippen molar-refractivity contribution in [2.45, 2.75) is 0 Å². The van der Waals surface area contributed by atoms with E-state index in [0.29, 0.717) is 17.3 Å². The largest absolute Gasteiger partial charge is 0.493 e. The molecule has 2 N–H and O–H groups in total. The van der Waals surface area contributed by atoms with Gasteiger partial charge in [-0.25, -0.2) is 9.97 Å². The van der Waals surface area contributed by atoms with Crippen LogP contribution in [0.3, 0.4) is 0 Å². The van der Waals surface area contributed by atoms with Gasteiger partial charge in [0.1, 0.15) is 18.7 Å². The molecule has 0 aliphatic carbocycles. The number of ether oxygens (including phenoxy) is 2. The summed E-state index contributed by atoms with van der Waals surface area (Å²) < 4.78 is 10.7. The number of carbonyl (C=O) groups is 1. The van der Waals surface area contributed by atoms with Crippen LogP contribution in [0.1, 0.15) is 5.56 Å². The zero-order chi connectivity index (χ0) is 20.6. The van der Waals surface area contributed by atoms with Gasteiger partial charge in [-0.1, -0.05) is 12.1 Å². The third-order valence-corrected chi connectivity index (χ3v) is 4.08. The van der Waals surface area contributed by atoms with Crippen molar-refractivity contribution >= 4 is 34.4 Å². The molecule has 0 radical (unpaired) electrons. The van der Waals surface area contributed by atoms with Gasteiger partial charge in [-0.15, -0.1) is 0 Å². The van der Waals surface area contributed by atoms with Gasteiger partial charge in [0.2, 0.25) is 5.91 Å². The van der Waals surface area contributed by atoms with Gasteiger partial charge < -0.3 is 20.1 Å². The smallest absolute Gasteiger partial charge is 0.244 e. The summed E-state index contributed by atoms with van der Waals surface area (Å²) in [4.78, 5) is 20.1. The first-order chi connectivity index (χ1) is 14.1. The predicted molar refractivity (Wildman–Crippen MR) is 110 cm³/mol. The number of amides is 1. The number of hydrogen-bond acceptors (Lipinski definition) is 7. The molecule has 0 fully saturated rings. The summed E-state index contributed by atoms with van der Waals surface area (Å²) in [5.74, 6) is 1.51. The van der Waals surface area contributed by atoms with Gasteiger partial charge in [0.05, 0.1) is 25.8 Å². The standard InChI is InChI=1S/C21H19N5O3/c1-28-18-11-16-17(12-19(18)29-2)24-13-25-21(16)26-15-6-3-14(4-7-15)5-8-20(27)23-10-9-22/h3-8,11-13H,10H2,1-2H3,(H,23,27)(H,24,25,26)/b8-5+. The summed E-state index contributed by atoms with van der Waals surface area (Å²) in [6.07, 6.45) is 4.54. The highest BCUT2D eigenvalue weighted by atomic mass is 16.5. The fourth-order valence-electron chi connectivity index (χ4n) is 2.65. The van der Waals surface area contributed by atoms with Crippen LogP contribution in [-0.4, -0.2) is 36.6 Å². The summed E-state index contributed by atoms with van der Waals surface area (Å²) in [6.45, 7) is -0.0183. The molecular formula is C21H19N5O3. The molecule has 3 aromatic rings. The number of fused-ring (bicyclic) bond motifs is 1. The van der Waals surface area contributed by atoms with Gasteiger partial charge in [0.15, 0.2) is 11.5 Å². The molecule has 8 nitrogen and oxygen atoms in total. The minimum atomic E-state index is -0.314. The highest BCUT2D eigenvalue weighted by Crippen LogP contribution is 2.34. The van der Waals surface area contributed by atoms with Crippen LogP contribution >= 0.6 is 0 Å². The number of aromatic nitrogens is 2. The Morgan fingerprint density at radius 2 is 1.86 bits per heavy atom. The Labute approximate surface area is 167 Å². The quantitative estimate of drug-likeness (QED) is 0.472. The molecule has 3 rings (SSSR count). The number of nitriles is 1. The van der Waals surface area contributed by atoms with Gasteiger partial charge in [-0.2, -0.15) is 5.26 Å². The number of nitrogens with zero attached hydrogens (tertiary/aromatic N) is 3. The van der Waals surface area contributed by atoms with Crippen LogP contribution in [0.15, 0.2) is 48.8 Å². The average Bonchev–Trinajstić information content (AvgIpc) is 2.76. The van der Waals surface area contributed by atoms with E-state index >= 15 is 0 Å². The second-order valence-electron chi connectivity index (χ2n) is 5.90. The second kappa shape index (κ2) is 9.19. The Morgan fingerprint density at radius 1 is 1.14 bits per heavy atom. The van der Waals surface area contributed by atoms with Gasteiger partial charge in [0.25, 0.3) is 0 Å². The van der Waals surface area contributed by atoms with Crippen molar-refractivity contribution in [1.82, 2.24) is 15.3 Å². The number of anilines is 2. The van der Waals surface area contributed by atoms with Crippen LogP contribution in [0.2, 0.25) is 0 Å². The van der Waals surface area contributed by atoms with E-state index in [4.69, 9.17) is 14.7 Å². The molecule has 0 unspecified atom stereocenters. The lowest BCUT2D eigenvalue weighted by molar-refractivity contribution is -0.116. The van der Waals surface area contributed by atoms with E-state index in [1.807, 2.05) is 36.4 Å². The number of rotatable bonds is 7. The van der Waals surface area contributed by atoms with Crippen molar-refractivity contribution in [3.05, 3.63) is 54.4 Å². The topological polar surface area (TPSA) is 109 Å². The fourth-order valence-corrected chi connectivity index (χ4v) is 2.65. The third-order valence-electron chi connectivity index (χ3n) is 4.08. The molecule has 0 aliphatic heterocycles. The zero-order valence-electron chi connectivity index (χ0n) is 16.0.